The third-order valence-corrected chi connectivity index (χ3v) is 7.20. The minimum Gasteiger partial charge on any atom is -0.232 e. The minimum absolute atomic E-state index is 0.289. The number of halogens is 1. The maximum absolute atomic E-state index is 13.5. The van der Waals surface area contributed by atoms with Gasteiger partial charge in [-0.3, -0.25) is 0 Å². The van der Waals surface area contributed by atoms with Crippen LogP contribution in [0.25, 0.3) is 22.2 Å². The highest BCUT2D eigenvalue weighted by atomic mass is 127. The Morgan fingerprint density at radius 3 is 2.12 bits per heavy atom. The lowest BCUT2D eigenvalue weighted by atomic mass is 10.1. The fraction of sp³-hybridized carbons (Fsp3) is 0.0476. The van der Waals surface area contributed by atoms with E-state index in [2.05, 4.69) is 22.6 Å². The SMILES string of the molecule is Cc1ccc(S(=O)(=O)n2c(-c3ccccc3)c(I)c3ccccc32)cc1. The molecule has 3 nitrogen and oxygen atoms in total. The van der Waals surface area contributed by atoms with Gasteiger partial charge in [0.15, 0.2) is 0 Å². The molecule has 3 aromatic carbocycles. The van der Waals surface area contributed by atoms with E-state index in [9.17, 15) is 8.42 Å². The standard InChI is InChI=1S/C21H16INO2S/c1-15-11-13-17(14-12-15)26(24,25)23-19-10-6-5-9-18(19)20(22)21(23)16-7-3-2-4-8-16/h2-14H,1H3. The first-order valence-corrected chi connectivity index (χ1v) is 10.7. The summed E-state index contributed by atoms with van der Waals surface area (Å²) in [5, 5.41) is 0.933. The highest BCUT2D eigenvalue weighted by Crippen LogP contribution is 2.37. The summed E-state index contributed by atoms with van der Waals surface area (Å²) in [6, 6.07) is 24.3. The lowest BCUT2D eigenvalue weighted by molar-refractivity contribution is 0.589. The molecule has 5 heteroatoms. The molecule has 0 spiro atoms. The van der Waals surface area contributed by atoms with Crippen molar-refractivity contribution in [2.24, 2.45) is 0 Å². The zero-order valence-corrected chi connectivity index (χ0v) is 17.0. The summed E-state index contributed by atoms with van der Waals surface area (Å²) in [5.74, 6) is 0. The summed E-state index contributed by atoms with van der Waals surface area (Å²) in [6.07, 6.45) is 0. The number of benzene rings is 3. The second-order valence-corrected chi connectivity index (χ2v) is 8.99. The number of nitrogens with zero attached hydrogens (tertiary/aromatic N) is 1. The lowest BCUT2D eigenvalue weighted by Crippen LogP contribution is -2.14. The van der Waals surface area contributed by atoms with Crippen LogP contribution in [0.2, 0.25) is 0 Å². The van der Waals surface area contributed by atoms with Gasteiger partial charge in [-0.25, -0.2) is 12.4 Å². The number of aryl methyl sites for hydroxylation is 1. The van der Waals surface area contributed by atoms with Crippen molar-refractivity contribution in [1.29, 1.82) is 0 Å². The van der Waals surface area contributed by atoms with E-state index in [0.717, 1.165) is 20.1 Å². The van der Waals surface area contributed by atoms with Crippen LogP contribution in [0, 0.1) is 10.5 Å². The van der Waals surface area contributed by atoms with Gasteiger partial charge in [0.05, 0.1) is 16.1 Å². The Morgan fingerprint density at radius 1 is 0.808 bits per heavy atom. The van der Waals surface area contributed by atoms with Gasteiger partial charge in [0.25, 0.3) is 10.0 Å². The molecule has 0 bridgehead atoms. The number of rotatable bonds is 3. The van der Waals surface area contributed by atoms with Crippen LogP contribution in [0.4, 0.5) is 0 Å². The Bertz CT molecular complexity index is 1190. The van der Waals surface area contributed by atoms with Crippen molar-refractivity contribution >= 4 is 43.5 Å². The van der Waals surface area contributed by atoms with Crippen molar-refractivity contribution in [2.75, 3.05) is 0 Å². The van der Waals surface area contributed by atoms with Crippen molar-refractivity contribution < 1.29 is 8.42 Å². The molecule has 0 aliphatic carbocycles. The van der Waals surface area contributed by atoms with E-state index in [1.165, 1.54) is 3.97 Å². The molecule has 4 rings (SSSR count). The number of fused-ring (bicyclic) bond motifs is 1. The van der Waals surface area contributed by atoms with E-state index in [1.54, 1.807) is 12.1 Å². The molecular formula is C21H16INO2S. The highest BCUT2D eigenvalue weighted by Gasteiger charge is 2.26. The van der Waals surface area contributed by atoms with Gasteiger partial charge >= 0.3 is 0 Å². The third kappa shape index (κ3) is 2.75. The first kappa shape index (κ1) is 17.3. The molecule has 0 unspecified atom stereocenters. The van der Waals surface area contributed by atoms with Crippen molar-refractivity contribution in [3.8, 4) is 11.3 Å². The average molecular weight is 473 g/mol. The molecular weight excluding hydrogens is 457 g/mol. The Balaban J connectivity index is 2.10. The molecule has 130 valence electrons. The monoisotopic (exact) mass is 473 g/mol. The molecule has 0 amide bonds. The van der Waals surface area contributed by atoms with Gasteiger partial charge in [-0.2, -0.15) is 0 Å². The van der Waals surface area contributed by atoms with E-state index >= 15 is 0 Å². The fourth-order valence-electron chi connectivity index (χ4n) is 3.08. The number of hydrogen-bond acceptors (Lipinski definition) is 2. The zero-order chi connectivity index (χ0) is 18.3. The number of aromatic nitrogens is 1. The van der Waals surface area contributed by atoms with Gasteiger partial charge < -0.3 is 0 Å². The predicted molar refractivity (Wildman–Crippen MR) is 114 cm³/mol. The zero-order valence-electron chi connectivity index (χ0n) is 14.1. The van der Waals surface area contributed by atoms with E-state index in [4.69, 9.17) is 0 Å². The topological polar surface area (TPSA) is 39.1 Å². The van der Waals surface area contributed by atoms with Crippen molar-refractivity contribution in [3.05, 3.63) is 88.0 Å². The first-order valence-electron chi connectivity index (χ1n) is 8.17. The van der Waals surface area contributed by atoms with Gasteiger partial charge in [0, 0.05) is 14.5 Å². The second-order valence-electron chi connectivity index (χ2n) is 6.13. The fourth-order valence-corrected chi connectivity index (χ4v) is 5.80. The summed E-state index contributed by atoms with van der Waals surface area (Å²) in [7, 11) is -3.73. The Labute approximate surface area is 166 Å². The third-order valence-electron chi connectivity index (χ3n) is 4.38. The van der Waals surface area contributed by atoms with Gasteiger partial charge in [0.1, 0.15) is 0 Å². The van der Waals surface area contributed by atoms with Gasteiger partial charge in [-0.1, -0.05) is 66.2 Å². The quantitative estimate of drug-likeness (QED) is 0.371. The van der Waals surface area contributed by atoms with E-state index in [1.807, 2.05) is 73.7 Å². The van der Waals surface area contributed by atoms with Crippen LogP contribution in [-0.4, -0.2) is 12.4 Å². The first-order chi connectivity index (χ1) is 12.5. The molecule has 0 saturated carbocycles. The van der Waals surface area contributed by atoms with Crippen molar-refractivity contribution in [2.45, 2.75) is 11.8 Å². The summed E-state index contributed by atoms with van der Waals surface area (Å²) >= 11 is 2.24. The summed E-state index contributed by atoms with van der Waals surface area (Å²) in [6.45, 7) is 1.94. The van der Waals surface area contributed by atoms with Crippen molar-refractivity contribution in [3.63, 3.8) is 0 Å². The smallest absolute Gasteiger partial charge is 0.232 e. The number of para-hydroxylation sites is 1. The lowest BCUT2D eigenvalue weighted by Gasteiger charge is -2.13. The van der Waals surface area contributed by atoms with Crippen LogP contribution in [-0.2, 0) is 10.0 Å². The summed E-state index contributed by atoms with van der Waals surface area (Å²) < 4.78 is 29.5. The molecule has 0 aliphatic rings. The molecule has 1 heterocycles. The van der Waals surface area contributed by atoms with E-state index in [0.29, 0.717) is 11.2 Å². The van der Waals surface area contributed by atoms with Gasteiger partial charge in [0.2, 0.25) is 0 Å². The van der Waals surface area contributed by atoms with Gasteiger partial charge in [-0.05, 0) is 47.7 Å². The second kappa shape index (κ2) is 6.55. The largest absolute Gasteiger partial charge is 0.268 e. The molecule has 0 N–H and O–H groups in total. The average Bonchev–Trinajstić information content (AvgIpc) is 2.96. The van der Waals surface area contributed by atoms with Crippen LogP contribution in [0.3, 0.4) is 0 Å². The highest BCUT2D eigenvalue weighted by molar-refractivity contribution is 14.1. The molecule has 26 heavy (non-hydrogen) atoms. The normalized spacial score (nSPS) is 11.8. The Kier molecular flexibility index (Phi) is 4.36. The molecule has 0 saturated heterocycles. The van der Waals surface area contributed by atoms with Crippen LogP contribution in [0.15, 0.2) is 83.8 Å². The summed E-state index contributed by atoms with van der Waals surface area (Å²) in [4.78, 5) is 0.289. The molecule has 0 aliphatic heterocycles. The maximum Gasteiger partial charge on any atom is 0.268 e. The predicted octanol–water partition coefficient (Wildman–Crippen LogP) is 5.46. The van der Waals surface area contributed by atoms with Crippen LogP contribution < -0.4 is 0 Å². The van der Waals surface area contributed by atoms with Crippen LogP contribution >= 0.6 is 22.6 Å². The summed E-state index contributed by atoms with van der Waals surface area (Å²) in [5.41, 5.74) is 3.30. The Morgan fingerprint density at radius 2 is 1.42 bits per heavy atom. The molecule has 0 atom stereocenters. The van der Waals surface area contributed by atoms with Crippen LogP contribution in [0.1, 0.15) is 5.56 Å². The molecule has 0 radical (unpaired) electrons. The molecule has 0 fully saturated rings. The molecule has 1 aromatic heterocycles. The Hall–Kier alpha value is -2.12. The van der Waals surface area contributed by atoms with Crippen molar-refractivity contribution in [1.82, 2.24) is 3.97 Å². The number of hydrogen-bond donors (Lipinski definition) is 0. The van der Waals surface area contributed by atoms with E-state index < -0.39 is 10.0 Å². The minimum atomic E-state index is -3.73. The van der Waals surface area contributed by atoms with Gasteiger partial charge in [-0.15, -0.1) is 0 Å². The van der Waals surface area contributed by atoms with E-state index in [-0.39, 0.29) is 4.90 Å². The molecule has 4 aromatic rings. The maximum atomic E-state index is 13.5. The van der Waals surface area contributed by atoms with Crippen LogP contribution in [0.5, 0.6) is 0 Å².